The Balaban J connectivity index is 1.70. The molecule has 3 rings (SSSR count). The zero-order chi connectivity index (χ0) is 22.8. The minimum atomic E-state index is -4.37. The van der Waals surface area contributed by atoms with Gasteiger partial charge in [0.25, 0.3) is 0 Å². The number of Topliss-reactive ketones (excluding diaryl/α,β-unsaturated/α-hetero) is 1. The molecule has 0 aliphatic rings. The van der Waals surface area contributed by atoms with E-state index >= 15 is 0 Å². The molecular formula is C24H23F3O3S. The van der Waals surface area contributed by atoms with Gasteiger partial charge in [0.1, 0.15) is 0 Å². The molecule has 0 atom stereocenters. The SMILES string of the molecule is COC(=O)CCc1ccc(C(=O)CCc2sc3cc(C(F)(F)F)ccc3c2C)cc1C. The third kappa shape index (κ3) is 5.34. The number of carbonyl (C=O) groups is 2. The van der Waals surface area contributed by atoms with Crippen molar-refractivity contribution < 1.29 is 27.5 Å². The molecule has 2 aromatic carbocycles. The quantitative estimate of drug-likeness (QED) is 0.308. The molecule has 3 aromatic rings. The first-order valence-electron chi connectivity index (χ1n) is 9.89. The fourth-order valence-corrected chi connectivity index (χ4v) is 4.80. The zero-order valence-electron chi connectivity index (χ0n) is 17.6. The Hall–Kier alpha value is -2.67. The highest BCUT2D eigenvalue weighted by Gasteiger charge is 2.30. The van der Waals surface area contributed by atoms with Crippen LogP contribution in [0.2, 0.25) is 0 Å². The Bertz CT molecular complexity index is 1130. The lowest BCUT2D eigenvalue weighted by Crippen LogP contribution is -2.05. The number of thiophene rings is 1. The molecule has 0 amide bonds. The van der Waals surface area contributed by atoms with Crippen LogP contribution < -0.4 is 0 Å². The van der Waals surface area contributed by atoms with Crippen LogP contribution in [0.1, 0.15) is 50.3 Å². The lowest BCUT2D eigenvalue weighted by atomic mass is 9.97. The molecule has 0 saturated carbocycles. The number of hydrogen-bond acceptors (Lipinski definition) is 4. The molecule has 0 fully saturated rings. The average molecular weight is 449 g/mol. The average Bonchev–Trinajstić information content (AvgIpc) is 3.05. The maximum Gasteiger partial charge on any atom is 0.416 e. The van der Waals surface area contributed by atoms with E-state index in [2.05, 4.69) is 4.74 Å². The van der Waals surface area contributed by atoms with Gasteiger partial charge in [-0.3, -0.25) is 9.59 Å². The zero-order valence-corrected chi connectivity index (χ0v) is 18.4. The number of benzene rings is 2. The summed E-state index contributed by atoms with van der Waals surface area (Å²) in [6.07, 6.45) is -2.78. The van der Waals surface area contributed by atoms with Crippen molar-refractivity contribution in [3.63, 3.8) is 0 Å². The van der Waals surface area contributed by atoms with Crippen molar-refractivity contribution in [2.24, 2.45) is 0 Å². The number of carbonyl (C=O) groups excluding carboxylic acids is 2. The van der Waals surface area contributed by atoms with E-state index in [1.807, 2.05) is 26.0 Å². The van der Waals surface area contributed by atoms with Gasteiger partial charge in [0.15, 0.2) is 5.78 Å². The van der Waals surface area contributed by atoms with E-state index in [4.69, 9.17) is 0 Å². The number of methoxy groups -OCH3 is 1. The number of esters is 1. The van der Waals surface area contributed by atoms with Crippen LogP contribution in [-0.2, 0) is 28.5 Å². The number of aryl methyl sites for hydroxylation is 4. The first-order chi connectivity index (χ1) is 14.6. The van der Waals surface area contributed by atoms with Gasteiger partial charge in [0, 0.05) is 28.0 Å². The summed E-state index contributed by atoms with van der Waals surface area (Å²) in [5.41, 5.74) is 2.79. The minimum Gasteiger partial charge on any atom is -0.469 e. The third-order valence-corrected chi connectivity index (χ3v) is 6.75. The number of alkyl halides is 3. The van der Waals surface area contributed by atoms with Crippen LogP contribution in [0.25, 0.3) is 10.1 Å². The highest BCUT2D eigenvalue weighted by molar-refractivity contribution is 7.19. The molecule has 0 aliphatic heterocycles. The van der Waals surface area contributed by atoms with Crippen LogP contribution in [0.4, 0.5) is 13.2 Å². The van der Waals surface area contributed by atoms with Crippen LogP contribution in [-0.4, -0.2) is 18.9 Å². The van der Waals surface area contributed by atoms with E-state index in [9.17, 15) is 22.8 Å². The van der Waals surface area contributed by atoms with E-state index in [-0.39, 0.29) is 24.6 Å². The number of ether oxygens (including phenoxy) is 1. The summed E-state index contributed by atoms with van der Waals surface area (Å²) in [6, 6.07) is 9.22. The van der Waals surface area contributed by atoms with E-state index in [1.54, 1.807) is 6.07 Å². The third-order valence-electron chi connectivity index (χ3n) is 5.43. The molecule has 31 heavy (non-hydrogen) atoms. The Morgan fingerprint density at radius 1 is 1.00 bits per heavy atom. The molecule has 3 nitrogen and oxygen atoms in total. The molecule has 0 unspecified atom stereocenters. The molecule has 1 heterocycles. The van der Waals surface area contributed by atoms with Gasteiger partial charge in [0.2, 0.25) is 0 Å². The van der Waals surface area contributed by atoms with E-state index in [0.29, 0.717) is 23.1 Å². The normalized spacial score (nSPS) is 11.7. The summed E-state index contributed by atoms with van der Waals surface area (Å²) < 4.78 is 44.1. The first kappa shape index (κ1) is 23.0. The standard InChI is InChI=1S/C24H23F3O3S/c1-14-12-17(5-4-16(14)6-11-23(29)30-3)20(28)9-10-21-15(2)19-8-7-18(24(25,26)27)13-22(19)31-21/h4-5,7-8,12-13H,6,9-11H2,1-3H3. The molecule has 0 saturated heterocycles. The van der Waals surface area contributed by atoms with Gasteiger partial charge in [-0.2, -0.15) is 13.2 Å². The molecule has 0 N–H and O–H groups in total. The van der Waals surface area contributed by atoms with Crippen molar-refractivity contribution in [2.75, 3.05) is 7.11 Å². The summed E-state index contributed by atoms with van der Waals surface area (Å²) in [6.45, 7) is 3.78. The van der Waals surface area contributed by atoms with Crippen molar-refractivity contribution in [1.82, 2.24) is 0 Å². The molecule has 0 spiro atoms. The second kappa shape index (κ2) is 9.22. The van der Waals surface area contributed by atoms with Gasteiger partial charge < -0.3 is 4.74 Å². The Morgan fingerprint density at radius 2 is 1.74 bits per heavy atom. The number of rotatable bonds is 7. The predicted octanol–water partition coefficient (Wildman–Crippen LogP) is 6.46. The van der Waals surface area contributed by atoms with Gasteiger partial charge in [-0.15, -0.1) is 11.3 Å². The maximum atomic E-state index is 13.0. The maximum absolute atomic E-state index is 13.0. The highest BCUT2D eigenvalue weighted by atomic mass is 32.1. The van der Waals surface area contributed by atoms with Gasteiger partial charge >= 0.3 is 12.1 Å². The van der Waals surface area contributed by atoms with Crippen molar-refractivity contribution in [3.05, 3.63) is 69.1 Å². The lowest BCUT2D eigenvalue weighted by molar-refractivity contribution is -0.140. The summed E-state index contributed by atoms with van der Waals surface area (Å²) >= 11 is 1.31. The number of hydrogen-bond donors (Lipinski definition) is 0. The fourth-order valence-electron chi connectivity index (χ4n) is 3.55. The molecule has 0 aliphatic carbocycles. The van der Waals surface area contributed by atoms with E-state index in [0.717, 1.165) is 33.0 Å². The van der Waals surface area contributed by atoms with Gasteiger partial charge in [-0.1, -0.05) is 18.2 Å². The molecule has 0 bridgehead atoms. The number of ketones is 1. The van der Waals surface area contributed by atoms with Gasteiger partial charge in [-0.05, 0) is 67.0 Å². The molecule has 1 aromatic heterocycles. The summed E-state index contributed by atoms with van der Waals surface area (Å²) in [5, 5.41) is 0.797. The van der Waals surface area contributed by atoms with Crippen LogP contribution >= 0.6 is 11.3 Å². The Labute approximate surface area is 182 Å². The first-order valence-corrected chi connectivity index (χ1v) is 10.7. The largest absolute Gasteiger partial charge is 0.469 e. The van der Waals surface area contributed by atoms with Crippen LogP contribution in [0.15, 0.2) is 36.4 Å². The summed E-state index contributed by atoms with van der Waals surface area (Å²) in [4.78, 5) is 24.9. The number of halogens is 3. The van der Waals surface area contributed by atoms with E-state index < -0.39 is 11.7 Å². The van der Waals surface area contributed by atoms with Gasteiger partial charge in [0.05, 0.1) is 12.7 Å². The monoisotopic (exact) mass is 448 g/mol. The van der Waals surface area contributed by atoms with Gasteiger partial charge in [-0.25, -0.2) is 0 Å². The molecule has 164 valence electrons. The fraction of sp³-hybridized carbons (Fsp3) is 0.333. The molecular weight excluding hydrogens is 425 g/mol. The summed E-state index contributed by atoms with van der Waals surface area (Å²) in [5.74, 6) is -0.295. The van der Waals surface area contributed by atoms with Crippen LogP contribution in [0.5, 0.6) is 0 Å². The Morgan fingerprint density at radius 3 is 2.39 bits per heavy atom. The molecule has 7 heteroatoms. The highest BCUT2D eigenvalue weighted by Crippen LogP contribution is 2.37. The van der Waals surface area contributed by atoms with Crippen molar-refractivity contribution >= 4 is 33.2 Å². The van der Waals surface area contributed by atoms with Crippen LogP contribution in [0.3, 0.4) is 0 Å². The topological polar surface area (TPSA) is 43.4 Å². The second-order valence-corrected chi connectivity index (χ2v) is 8.64. The lowest BCUT2D eigenvalue weighted by Gasteiger charge is -2.08. The Kier molecular flexibility index (Phi) is 6.84. The van der Waals surface area contributed by atoms with Crippen molar-refractivity contribution in [2.45, 2.75) is 45.7 Å². The van der Waals surface area contributed by atoms with E-state index in [1.165, 1.54) is 30.6 Å². The molecule has 0 radical (unpaired) electrons. The van der Waals surface area contributed by atoms with Crippen molar-refractivity contribution in [3.8, 4) is 0 Å². The van der Waals surface area contributed by atoms with Crippen molar-refractivity contribution in [1.29, 1.82) is 0 Å². The minimum absolute atomic E-state index is 0.0181. The predicted molar refractivity (Wildman–Crippen MR) is 116 cm³/mol. The smallest absolute Gasteiger partial charge is 0.416 e. The summed E-state index contributed by atoms with van der Waals surface area (Å²) in [7, 11) is 1.35. The number of fused-ring (bicyclic) bond motifs is 1. The second-order valence-electron chi connectivity index (χ2n) is 7.50. The van der Waals surface area contributed by atoms with Crippen LogP contribution in [0, 0.1) is 13.8 Å².